The SMILES string of the molecule is O=C(NCC1OC(Cc2cc(CN3CCOCC3)on2)CCC1O)Nc1ccccc1. The fourth-order valence-electron chi connectivity index (χ4n) is 3.91. The fraction of sp³-hybridized carbons (Fsp3) is 0.545. The van der Waals surface area contributed by atoms with Crippen LogP contribution in [0.3, 0.4) is 0 Å². The van der Waals surface area contributed by atoms with Gasteiger partial charge in [-0.1, -0.05) is 23.4 Å². The van der Waals surface area contributed by atoms with Gasteiger partial charge in [-0.05, 0) is 25.0 Å². The molecule has 0 spiro atoms. The number of urea groups is 1. The molecule has 4 rings (SSSR count). The molecule has 0 radical (unpaired) electrons. The van der Waals surface area contributed by atoms with Crippen LogP contribution in [0.5, 0.6) is 0 Å². The minimum absolute atomic E-state index is 0.0753. The third kappa shape index (κ3) is 6.51. The third-order valence-electron chi connectivity index (χ3n) is 5.60. The van der Waals surface area contributed by atoms with E-state index < -0.39 is 12.2 Å². The largest absolute Gasteiger partial charge is 0.390 e. The Bertz CT molecular complexity index is 824. The Hall–Kier alpha value is -2.46. The van der Waals surface area contributed by atoms with Gasteiger partial charge in [0.15, 0.2) is 5.76 Å². The second kappa shape index (κ2) is 10.7. The highest BCUT2D eigenvalue weighted by molar-refractivity contribution is 5.89. The first-order valence-corrected chi connectivity index (χ1v) is 10.8. The van der Waals surface area contributed by atoms with E-state index in [1.165, 1.54) is 0 Å². The molecule has 2 aromatic rings. The van der Waals surface area contributed by atoms with Crippen molar-refractivity contribution in [2.75, 3.05) is 38.2 Å². The summed E-state index contributed by atoms with van der Waals surface area (Å²) in [5.74, 6) is 0.837. The van der Waals surface area contributed by atoms with E-state index >= 15 is 0 Å². The number of aliphatic hydroxyl groups is 1. The molecule has 2 aliphatic heterocycles. The van der Waals surface area contributed by atoms with E-state index in [0.717, 1.165) is 50.7 Å². The fourth-order valence-corrected chi connectivity index (χ4v) is 3.91. The van der Waals surface area contributed by atoms with Gasteiger partial charge in [-0.2, -0.15) is 0 Å². The topological polar surface area (TPSA) is 109 Å². The van der Waals surface area contributed by atoms with Crippen molar-refractivity contribution >= 4 is 11.7 Å². The molecule has 0 aliphatic carbocycles. The Kier molecular flexibility index (Phi) is 7.52. The lowest BCUT2D eigenvalue weighted by Crippen LogP contribution is -2.47. The van der Waals surface area contributed by atoms with E-state index in [2.05, 4.69) is 20.7 Å². The number of benzene rings is 1. The van der Waals surface area contributed by atoms with Gasteiger partial charge in [0.2, 0.25) is 0 Å². The van der Waals surface area contributed by atoms with Crippen LogP contribution in [-0.2, 0) is 22.4 Å². The second-order valence-electron chi connectivity index (χ2n) is 8.02. The molecule has 9 nitrogen and oxygen atoms in total. The Morgan fingerprint density at radius 2 is 2.00 bits per heavy atom. The van der Waals surface area contributed by atoms with Crippen LogP contribution >= 0.6 is 0 Å². The summed E-state index contributed by atoms with van der Waals surface area (Å²) in [4.78, 5) is 14.4. The Morgan fingerprint density at radius 3 is 2.81 bits per heavy atom. The molecular formula is C22H30N4O5. The normalized spacial score (nSPS) is 24.6. The van der Waals surface area contributed by atoms with Crippen molar-refractivity contribution in [1.29, 1.82) is 0 Å². The number of nitrogens with one attached hydrogen (secondary N) is 2. The van der Waals surface area contributed by atoms with Crippen LogP contribution in [0.4, 0.5) is 10.5 Å². The summed E-state index contributed by atoms with van der Waals surface area (Å²) in [7, 11) is 0. The summed E-state index contributed by atoms with van der Waals surface area (Å²) in [5.41, 5.74) is 1.56. The molecule has 3 atom stereocenters. The number of morpholine rings is 1. The van der Waals surface area contributed by atoms with Crippen molar-refractivity contribution in [3.63, 3.8) is 0 Å². The molecule has 2 fully saturated rings. The van der Waals surface area contributed by atoms with Gasteiger partial charge in [0.1, 0.15) is 6.10 Å². The van der Waals surface area contributed by atoms with Crippen LogP contribution in [-0.4, -0.2) is 72.4 Å². The molecule has 1 aromatic heterocycles. The van der Waals surface area contributed by atoms with Gasteiger partial charge in [0.25, 0.3) is 0 Å². The van der Waals surface area contributed by atoms with Gasteiger partial charge in [0, 0.05) is 37.8 Å². The lowest BCUT2D eigenvalue weighted by atomic mass is 9.98. The van der Waals surface area contributed by atoms with E-state index in [1.54, 1.807) is 0 Å². The van der Waals surface area contributed by atoms with E-state index in [-0.39, 0.29) is 18.7 Å². The van der Waals surface area contributed by atoms with Crippen molar-refractivity contribution in [2.45, 2.75) is 44.1 Å². The predicted molar refractivity (Wildman–Crippen MR) is 114 cm³/mol. The number of carbonyl (C=O) groups is 1. The maximum absolute atomic E-state index is 12.1. The minimum atomic E-state index is -0.609. The Labute approximate surface area is 181 Å². The summed E-state index contributed by atoms with van der Waals surface area (Å²) >= 11 is 0. The molecule has 9 heteroatoms. The number of carbonyl (C=O) groups excluding carboxylic acids is 1. The number of ether oxygens (including phenoxy) is 2. The van der Waals surface area contributed by atoms with Crippen molar-refractivity contribution < 1.29 is 23.9 Å². The molecule has 3 unspecified atom stereocenters. The molecule has 2 amide bonds. The lowest BCUT2D eigenvalue weighted by molar-refractivity contribution is -0.113. The van der Waals surface area contributed by atoms with Crippen LogP contribution in [0.15, 0.2) is 40.9 Å². The van der Waals surface area contributed by atoms with Gasteiger partial charge in [-0.15, -0.1) is 0 Å². The van der Waals surface area contributed by atoms with Crippen LogP contribution in [0.2, 0.25) is 0 Å². The van der Waals surface area contributed by atoms with E-state index in [1.807, 2.05) is 36.4 Å². The average molecular weight is 431 g/mol. The number of anilines is 1. The highest BCUT2D eigenvalue weighted by Crippen LogP contribution is 2.23. The quantitative estimate of drug-likeness (QED) is 0.614. The number of nitrogens with zero attached hydrogens (tertiary/aromatic N) is 2. The summed E-state index contributed by atoms with van der Waals surface area (Å²) in [6.45, 7) is 4.25. The highest BCUT2D eigenvalue weighted by Gasteiger charge is 2.31. The van der Waals surface area contributed by atoms with Gasteiger partial charge < -0.3 is 29.7 Å². The number of aliphatic hydroxyl groups excluding tert-OH is 1. The molecule has 31 heavy (non-hydrogen) atoms. The number of hydrogen-bond donors (Lipinski definition) is 3. The van der Waals surface area contributed by atoms with E-state index in [9.17, 15) is 9.90 Å². The Morgan fingerprint density at radius 1 is 1.19 bits per heavy atom. The first kappa shape index (κ1) is 21.8. The maximum atomic E-state index is 12.1. The van der Waals surface area contributed by atoms with Gasteiger partial charge in [-0.25, -0.2) is 4.79 Å². The smallest absolute Gasteiger partial charge is 0.319 e. The number of rotatable bonds is 7. The lowest BCUT2D eigenvalue weighted by Gasteiger charge is -2.33. The first-order chi connectivity index (χ1) is 15.2. The molecule has 2 saturated heterocycles. The van der Waals surface area contributed by atoms with Crippen molar-refractivity contribution in [3.8, 4) is 0 Å². The summed E-state index contributed by atoms with van der Waals surface area (Å²) in [6, 6.07) is 10.9. The maximum Gasteiger partial charge on any atom is 0.319 e. The van der Waals surface area contributed by atoms with E-state index in [4.69, 9.17) is 14.0 Å². The zero-order valence-corrected chi connectivity index (χ0v) is 17.5. The standard InChI is InChI=1S/C22H30N4O5/c27-20-7-6-18(12-17-13-19(31-25-17)15-26-8-10-29-11-9-26)30-21(20)14-23-22(28)24-16-4-2-1-3-5-16/h1-5,13,18,20-21,27H,6-12,14-15H2,(H2,23,24,28). The number of hydrogen-bond acceptors (Lipinski definition) is 7. The molecule has 0 bridgehead atoms. The van der Waals surface area contributed by atoms with Gasteiger partial charge in [-0.3, -0.25) is 4.90 Å². The van der Waals surface area contributed by atoms with Crippen LogP contribution in [0.25, 0.3) is 0 Å². The van der Waals surface area contributed by atoms with Crippen molar-refractivity contribution in [2.24, 2.45) is 0 Å². The average Bonchev–Trinajstić information content (AvgIpc) is 3.22. The van der Waals surface area contributed by atoms with Crippen LogP contribution in [0, 0.1) is 0 Å². The molecule has 3 heterocycles. The monoisotopic (exact) mass is 430 g/mol. The van der Waals surface area contributed by atoms with Crippen molar-refractivity contribution in [3.05, 3.63) is 47.9 Å². The molecule has 1 aromatic carbocycles. The summed E-state index contributed by atoms with van der Waals surface area (Å²) in [6.07, 6.45) is 0.831. The van der Waals surface area contributed by atoms with Crippen LogP contribution < -0.4 is 10.6 Å². The van der Waals surface area contributed by atoms with Crippen molar-refractivity contribution in [1.82, 2.24) is 15.4 Å². The van der Waals surface area contributed by atoms with Crippen LogP contribution in [0.1, 0.15) is 24.3 Å². The zero-order chi connectivity index (χ0) is 21.5. The molecule has 2 aliphatic rings. The van der Waals surface area contributed by atoms with E-state index in [0.29, 0.717) is 18.5 Å². The number of amides is 2. The van der Waals surface area contributed by atoms with Gasteiger partial charge in [0.05, 0.1) is 37.7 Å². The first-order valence-electron chi connectivity index (χ1n) is 10.8. The molecular weight excluding hydrogens is 400 g/mol. The highest BCUT2D eigenvalue weighted by atomic mass is 16.5. The Balaban J connectivity index is 1.23. The number of para-hydroxylation sites is 1. The zero-order valence-electron chi connectivity index (χ0n) is 17.5. The molecule has 3 N–H and O–H groups in total. The predicted octanol–water partition coefficient (Wildman–Crippen LogP) is 1.78. The third-order valence-corrected chi connectivity index (χ3v) is 5.60. The summed E-state index contributed by atoms with van der Waals surface area (Å²) < 4.78 is 16.9. The summed E-state index contributed by atoms with van der Waals surface area (Å²) in [5, 5.41) is 20.0. The molecule has 0 saturated carbocycles. The second-order valence-corrected chi connectivity index (χ2v) is 8.02. The minimum Gasteiger partial charge on any atom is -0.390 e. The number of aromatic nitrogens is 1. The molecule has 168 valence electrons. The van der Waals surface area contributed by atoms with Gasteiger partial charge >= 0.3 is 6.03 Å².